The Morgan fingerprint density at radius 1 is 1.69 bits per heavy atom. The molecule has 0 bridgehead atoms. The van der Waals surface area contributed by atoms with Gasteiger partial charge in [-0.2, -0.15) is 0 Å². The highest BCUT2D eigenvalue weighted by atomic mass is 35.5. The molecule has 0 unspecified atom stereocenters. The third-order valence-electron chi connectivity index (χ3n) is 1.35. The first-order valence-electron chi connectivity index (χ1n) is 3.51. The summed E-state index contributed by atoms with van der Waals surface area (Å²) in [6, 6.07) is 1.16. The summed E-state index contributed by atoms with van der Waals surface area (Å²) in [7, 11) is 0. The smallest absolute Gasteiger partial charge is 0.358 e. The second-order valence-corrected chi connectivity index (χ2v) is 2.96. The molecular weight excluding hydrogens is 196 g/mol. The van der Waals surface area contributed by atoms with E-state index < -0.39 is 5.63 Å². The Balaban J connectivity index is 3.13. The molecule has 0 aromatic carbocycles. The fraction of sp³-hybridized carbons (Fsp3) is 0.250. The number of halogens is 1. The predicted octanol–water partition coefficient (Wildman–Crippen LogP) is 1.13. The maximum atomic E-state index is 10.9. The normalized spacial score (nSPS) is 10.0. The first-order valence-corrected chi connectivity index (χ1v) is 3.89. The first kappa shape index (κ1) is 9.80. The number of carbonyl (C=O) groups excluding carboxylic acids is 1. The molecule has 0 radical (unpaired) electrons. The Morgan fingerprint density at radius 2 is 2.31 bits per heavy atom. The topological polar surface area (TPSA) is 67.5 Å². The van der Waals surface area contributed by atoms with Crippen molar-refractivity contribution < 1.29 is 14.3 Å². The molecule has 0 aliphatic rings. The summed E-state index contributed by atoms with van der Waals surface area (Å²) in [6.45, 7) is 1.35. The molecule has 1 heterocycles. The van der Waals surface area contributed by atoms with Gasteiger partial charge in [0.25, 0.3) is 0 Å². The van der Waals surface area contributed by atoms with Crippen LogP contribution >= 0.6 is 11.6 Å². The van der Waals surface area contributed by atoms with Gasteiger partial charge in [0.2, 0.25) is 0 Å². The second kappa shape index (κ2) is 3.62. The van der Waals surface area contributed by atoms with E-state index in [9.17, 15) is 9.59 Å². The standard InChI is InChI=1S/C8H7ClO4/c1-4(10)2-5-3-6(11)7(9)8(12)13-5/h3,11H,2H2,1H3. The predicted molar refractivity (Wildman–Crippen MR) is 46.0 cm³/mol. The van der Waals surface area contributed by atoms with Gasteiger partial charge in [-0.15, -0.1) is 0 Å². The van der Waals surface area contributed by atoms with Gasteiger partial charge in [-0.1, -0.05) is 11.6 Å². The maximum absolute atomic E-state index is 10.9. The number of hydrogen-bond acceptors (Lipinski definition) is 4. The van der Waals surface area contributed by atoms with E-state index in [0.717, 1.165) is 6.07 Å². The molecule has 0 aliphatic carbocycles. The molecule has 70 valence electrons. The van der Waals surface area contributed by atoms with E-state index >= 15 is 0 Å². The monoisotopic (exact) mass is 202 g/mol. The number of Topliss-reactive ketones (excluding diaryl/α,β-unsaturated/α-hetero) is 1. The van der Waals surface area contributed by atoms with E-state index in [1.165, 1.54) is 6.92 Å². The van der Waals surface area contributed by atoms with Crippen LogP contribution in [0.3, 0.4) is 0 Å². The van der Waals surface area contributed by atoms with Crippen molar-refractivity contribution in [2.75, 3.05) is 0 Å². The zero-order valence-corrected chi connectivity index (χ0v) is 7.59. The second-order valence-electron chi connectivity index (χ2n) is 2.58. The van der Waals surface area contributed by atoms with Crippen molar-refractivity contribution in [3.05, 3.63) is 27.3 Å². The van der Waals surface area contributed by atoms with Crippen molar-refractivity contribution >= 4 is 17.4 Å². The Kier molecular flexibility index (Phi) is 2.72. The van der Waals surface area contributed by atoms with Gasteiger partial charge in [-0.05, 0) is 6.92 Å². The zero-order chi connectivity index (χ0) is 10.0. The van der Waals surface area contributed by atoms with Gasteiger partial charge in [0.05, 0.1) is 6.42 Å². The van der Waals surface area contributed by atoms with Crippen LogP contribution < -0.4 is 5.63 Å². The highest BCUT2D eigenvalue weighted by Crippen LogP contribution is 2.19. The van der Waals surface area contributed by atoms with Crippen LogP contribution in [0.1, 0.15) is 12.7 Å². The lowest BCUT2D eigenvalue weighted by molar-refractivity contribution is -0.116. The minimum absolute atomic E-state index is 0.0278. The molecule has 13 heavy (non-hydrogen) atoms. The molecule has 1 aromatic heterocycles. The van der Waals surface area contributed by atoms with Crippen molar-refractivity contribution in [2.45, 2.75) is 13.3 Å². The van der Waals surface area contributed by atoms with E-state index in [1.807, 2.05) is 0 Å². The lowest BCUT2D eigenvalue weighted by Gasteiger charge is -1.98. The Hall–Kier alpha value is -1.29. The molecule has 4 nitrogen and oxygen atoms in total. The number of ketones is 1. The molecule has 0 aliphatic heterocycles. The highest BCUT2D eigenvalue weighted by Gasteiger charge is 2.09. The quantitative estimate of drug-likeness (QED) is 0.781. The summed E-state index contributed by atoms with van der Waals surface area (Å²) in [5, 5.41) is 8.72. The van der Waals surface area contributed by atoms with Crippen LogP contribution in [-0.4, -0.2) is 10.9 Å². The average Bonchev–Trinajstić information content (AvgIpc) is 1.98. The van der Waals surface area contributed by atoms with Gasteiger partial charge < -0.3 is 9.52 Å². The number of carbonyl (C=O) groups is 1. The molecule has 0 saturated heterocycles. The van der Waals surface area contributed by atoms with E-state index in [-0.39, 0.29) is 28.7 Å². The SMILES string of the molecule is CC(=O)Cc1cc(O)c(Cl)c(=O)o1. The van der Waals surface area contributed by atoms with E-state index in [2.05, 4.69) is 4.42 Å². The zero-order valence-electron chi connectivity index (χ0n) is 6.83. The fourth-order valence-corrected chi connectivity index (χ4v) is 0.939. The molecule has 5 heteroatoms. The number of aromatic hydroxyl groups is 1. The lowest BCUT2D eigenvalue weighted by atomic mass is 10.2. The summed E-state index contributed by atoms with van der Waals surface area (Å²) in [5.74, 6) is -0.418. The minimum atomic E-state index is -0.835. The molecule has 1 N–H and O–H groups in total. The third-order valence-corrected chi connectivity index (χ3v) is 1.70. The van der Waals surface area contributed by atoms with Crippen molar-refractivity contribution in [1.29, 1.82) is 0 Å². The van der Waals surface area contributed by atoms with E-state index in [1.54, 1.807) is 0 Å². The molecule has 0 spiro atoms. The van der Waals surface area contributed by atoms with Crippen LogP contribution in [0.15, 0.2) is 15.3 Å². The van der Waals surface area contributed by atoms with Crippen molar-refractivity contribution in [2.24, 2.45) is 0 Å². The minimum Gasteiger partial charge on any atom is -0.506 e. The van der Waals surface area contributed by atoms with Crippen molar-refractivity contribution in [3.63, 3.8) is 0 Å². The lowest BCUT2D eigenvalue weighted by Crippen LogP contribution is -2.04. The van der Waals surface area contributed by atoms with Crippen molar-refractivity contribution in [1.82, 2.24) is 0 Å². The van der Waals surface area contributed by atoms with Gasteiger partial charge in [0.1, 0.15) is 17.3 Å². The maximum Gasteiger partial charge on any atom is 0.358 e. The number of hydrogen-bond donors (Lipinski definition) is 1. The number of rotatable bonds is 2. The Morgan fingerprint density at radius 3 is 2.77 bits per heavy atom. The summed E-state index contributed by atoms with van der Waals surface area (Å²) in [6.07, 6.45) is -0.0278. The van der Waals surface area contributed by atoms with Crippen LogP contribution in [0.25, 0.3) is 0 Å². The van der Waals surface area contributed by atoms with Crippen LogP contribution in [-0.2, 0) is 11.2 Å². The molecule has 0 fully saturated rings. The first-order chi connectivity index (χ1) is 6.00. The Labute approximate surface area is 78.8 Å². The average molecular weight is 203 g/mol. The van der Waals surface area contributed by atoms with Gasteiger partial charge in [0, 0.05) is 6.07 Å². The summed E-state index contributed by atoms with van der Waals surface area (Å²) < 4.78 is 4.63. The van der Waals surface area contributed by atoms with Gasteiger partial charge in [0.15, 0.2) is 5.02 Å². The van der Waals surface area contributed by atoms with Gasteiger partial charge in [-0.3, -0.25) is 4.79 Å². The molecule has 1 rings (SSSR count). The van der Waals surface area contributed by atoms with Crippen molar-refractivity contribution in [3.8, 4) is 5.75 Å². The molecular formula is C8H7ClO4. The van der Waals surface area contributed by atoms with Crippen LogP contribution in [0, 0.1) is 0 Å². The summed E-state index contributed by atoms with van der Waals surface area (Å²) in [5.41, 5.74) is -0.835. The molecule has 1 aromatic rings. The fourth-order valence-electron chi connectivity index (χ4n) is 0.846. The molecule has 0 atom stereocenters. The van der Waals surface area contributed by atoms with E-state index in [0.29, 0.717) is 0 Å². The Bertz CT molecular complexity index is 394. The molecule has 0 amide bonds. The highest BCUT2D eigenvalue weighted by molar-refractivity contribution is 6.31. The third kappa shape index (κ3) is 2.32. The van der Waals surface area contributed by atoms with Crippen LogP contribution in [0.4, 0.5) is 0 Å². The summed E-state index contributed by atoms with van der Waals surface area (Å²) >= 11 is 5.35. The van der Waals surface area contributed by atoms with Crippen LogP contribution in [0.5, 0.6) is 5.75 Å². The largest absolute Gasteiger partial charge is 0.506 e. The molecule has 0 saturated carbocycles. The van der Waals surface area contributed by atoms with Crippen LogP contribution in [0.2, 0.25) is 5.02 Å². The van der Waals surface area contributed by atoms with Gasteiger partial charge >= 0.3 is 5.63 Å². The summed E-state index contributed by atoms with van der Waals surface area (Å²) in [4.78, 5) is 21.5. The van der Waals surface area contributed by atoms with E-state index in [4.69, 9.17) is 16.7 Å². The van der Waals surface area contributed by atoms with Gasteiger partial charge in [-0.25, -0.2) is 4.79 Å².